The number of aryl methyl sites for hydroxylation is 1. The Morgan fingerprint density at radius 3 is 2.81 bits per heavy atom. The number of nitriles is 1. The molecule has 0 fully saturated rings. The van der Waals surface area contributed by atoms with Crippen LogP contribution in [0.3, 0.4) is 0 Å². The molecule has 7 nitrogen and oxygen atoms in total. The zero-order valence-corrected chi connectivity index (χ0v) is 12.3. The molecule has 0 aliphatic rings. The van der Waals surface area contributed by atoms with Crippen molar-refractivity contribution in [1.82, 2.24) is 14.5 Å². The largest absolute Gasteiger partial charge is 0.396 e. The van der Waals surface area contributed by atoms with Crippen LogP contribution in [0.25, 0.3) is 0 Å². The second-order valence-electron chi connectivity index (χ2n) is 4.52. The SMILES string of the molecule is Cc1cc(S(=O)(=O)NCCn2cc(N)cn2)ccc1C#N. The van der Waals surface area contributed by atoms with E-state index in [-0.39, 0.29) is 11.4 Å². The molecule has 0 aliphatic heterocycles. The Bertz CT molecular complexity index is 789. The van der Waals surface area contributed by atoms with Crippen molar-refractivity contribution in [3.8, 4) is 6.07 Å². The van der Waals surface area contributed by atoms with Crippen LogP contribution in [-0.2, 0) is 16.6 Å². The number of sulfonamides is 1. The van der Waals surface area contributed by atoms with Gasteiger partial charge in [-0.1, -0.05) is 0 Å². The lowest BCUT2D eigenvalue weighted by atomic mass is 10.1. The van der Waals surface area contributed by atoms with Crippen LogP contribution < -0.4 is 10.5 Å². The van der Waals surface area contributed by atoms with Gasteiger partial charge in [0.1, 0.15) is 0 Å². The maximum absolute atomic E-state index is 12.1. The summed E-state index contributed by atoms with van der Waals surface area (Å²) in [6.07, 6.45) is 3.12. The highest BCUT2D eigenvalue weighted by Gasteiger charge is 2.14. The van der Waals surface area contributed by atoms with Gasteiger partial charge in [0.25, 0.3) is 0 Å². The van der Waals surface area contributed by atoms with Crippen LogP contribution in [0.4, 0.5) is 5.69 Å². The summed E-state index contributed by atoms with van der Waals surface area (Å²) in [5, 5.41) is 12.8. The van der Waals surface area contributed by atoms with Gasteiger partial charge in [-0.2, -0.15) is 10.4 Å². The van der Waals surface area contributed by atoms with Crippen molar-refractivity contribution in [2.24, 2.45) is 0 Å². The van der Waals surface area contributed by atoms with Crippen molar-refractivity contribution in [1.29, 1.82) is 5.26 Å². The Morgan fingerprint density at radius 1 is 1.48 bits per heavy atom. The fraction of sp³-hybridized carbons (Fsp3) is 0.231. The van der Waals surface area contributed by atoms with Gasteiger partial charge in [-0.3, -0.25) is 4.68 Å². The first kappa shape index (κ1) is 15.0. The summed E-state index contributed by atoms with van der Waals surface area (Å²) in [5.41, 5.74) is 7.14. The van der Waals surface area contributed by atoms with E-state index in [0.29, 0.717) is 23.4 Å². The molecule has 110 valence electrons. The smallest absolute Gasteiger partial charge is 0.240 e. The van der Waals surface area contributed by atoms with Gasteiger partial charge in [-0.05, 0) is 30.7 Å². The van der Waals surface area contributed by atoms with Crippen LogP contribution in [0.15, 0.2) is 35.5 Å². The molecule has 0 bridgehead atoms. The third-order valence-corrected chi connectivity index (χ3v) is 4.37. The first-order valence-electron chi connectivity index (χ1n) is 6.21. The topological polar surface area (TPSA) is 114 Å². The number of rotatable bonds is 5. The van der Waals surface area contributed by atoms with Crippen molar-refractivity contribution in [3.05, 3.63) is 41.7 Å². The molecule has 3 N–H and O–H groups in total. The molecule has 0 spiro atoms. The minimum Gasteiger partial charge on any atom is -0.396 e. The number of hydrogen-bond acceptors (Lipinski definition) is 5. The highest BCUT2D eigenvalue weighted by molar-refractivity contribution is 7.89. The van der Waals surface area contributed by atoms with Crippen molar-refractivity contribution in [3.63, 3.8) is 0 Å². The third-order valence-electron chi connectivity index (χ3n) is 2.91. The molecular formula is C13H15N5O2S. The molecule has 1 aromatic carbocycles. The highest BCUT2D eigenvalue weighted by atomic mass is 32.2. The molecule has 0 saturated heterocycles. The molecular weight excluding hydrogens is 290 g/mol. The van der Waals surface area contributed by atoms with Crippen molar-refractivity contribution < 1.29 is 8.42 Å². The fourth-order valence-corrected chi connectivity index (χ4v) is 2.91. The molecule has 0 radical (unpaired) electrons. The molecule has 0 aliphatic carbocycles. The predicted octanol–water partition coefficient (Wildman–Crippen LogP) is 0.624. The number of nitrogens with two attached hydrogens (primary N) is 1. The van der Waals surface area contributed by atoms with Crippen LogP contribution in [0.2, 0.25) is 0 Å². The maximum atomic E-state index is 12.1. The minimum absolute atomic E-state index is 0.138. The van der Waals surface area contributed by atoms with E-state index in [1.807, 2.05) is 6.07 Å². The van der Waals surface area contributed by atoms with Gasteiger partial charge in [0.2, 0.25) is 10.0 Å². The fourth-order valence-electron chi connectivity index (χ4n) is 1.81. The van der Waals surface area contributed by atoms with Crippen LogP contribution in [-0.4, -0.2) is 24.7 Å². The van der Waals surface area contributed by atoms with Crippen molar-refractivity contribution >= 4 is 15.7 Å². The quantitative estimate of drug-likeness (QED) is 0.840. The van der Waals surface area contributed by atoms with Gasteiger partial charge in [0, 0.05) is 12.7 Å². The van der Waals surface area contributed by atoms with Gasteiger partial charge in [0.05, 0.1) is 35.0 Å². The molecule has 2 aromatic rings. The second-order valence-corrected chi connectivity index (χ2v) is 6.29. The average molecular weight is 305 g/mol. The molecule has 1 heterocycles. The van der Waals surface area contributed by atoms with E-state index in [0.717, 1.165) is 0 Å². The van der Waals surface area contributed by atoms with E-state index in [2.05, 4.69) is 9.82 Å². The van der Waals surface area contributed by atoms with Gasteiger partial charge in [-0.25, -0.2) is 13.1 Å². The minimum atomic E-state index is -3.60. The van der Waals surface area contributed by atoms with Crippen LogP contribution >= 0.6 is 0 Å². The number of hydrogen-bond donors (Lipinski definition) is 2. The number of anilines is 1. The summed E-state index contributed by atoms with van der Waals surface area (Å²) in [4.78, 5) is 0.138. The summed E-state index contributed by atoms with van der Waals surface area (Å²) >= 11 is 0. The summed E-state index contributed by atoms with van der Waals surface area (Å²) < 4.78 is 28.3. The Hall–Kier alpha value is -2.37. The lowest BCUT2D eigenvalue weighted by Crippen LogP contribution is -2.27. The lowest BCUT2D eigenvalue weighted by Gasteiger charge is -2.08. The molecule has 0 atom stereocenters. The van der Waals surface area contributed by atoms with E-state index >= 15 is 0 Å². The summed E-state index contributed by atoms with van der Waals surface area (Å²) in [7, 11) is -3.60. The van der Waals surface area contributed by atoms with Gasteiger partial charge >= 0.3 is 0 Å². The van der Waals surface area contributed by atoms with E-state index in [1.54, 1.807) is 17.8 Å². The predicted molar refractivity (Wildman–Crippen MR) is 77.7 cm³/mol. The van der Waals surface area contributed by atoms with E-state index in [4.69, 9.17) is 11.0 Å². The monoisotopic (exact) mass is 305 g/mol. The van der Waals surface area contributed by atoms with Crippen LogP contribution in [0, 0.1) is 18.3 Å². The standard InChI is InChI=1S/C13H15N5O2S/c1-10-6-13(3-2-11(10)7-14)21(19,20)17-4-5-18-9-12(15)8-16-18/h2-3,6,8-9,17H,4-5,15H2,1H3. The Labute approximate surface area is 123 Å². The molecule has 1 aromatic heterocycles. The van der Waals surface area contributed by atoms with Crippen molar-refractivity contribution in [2.75, 3.05) is 12.3 Å². The average Bonchev–Trinajstić information content (AvgIpc) is 2.84. The van der Waals surface area contributed by atoms with Crippen LogP contribution in [0.1, 0.15) is 11.1 Å². The number of aromatic nitrogens is 2. The maximum Gasteiger partial charge on any atom is 0.240 e. The molecule has 0 unspecified atom stereocenters. The number of nitrogens with zero attached hydrogens (tertiary/aromatic N) is 3. The highest BCUT2D eigenvalue weighted by Crippen LogP contribution is 2.14. The second kappa shape index (κ2) is 5.95. The lowest BCUT2D eigenvalue weighted by molar-refractivity contribution is 0.561. The van der Waals surface area contributed by atoms with Gasteiger partial charge < -0.3 is 5.73 Å². The zero-order chi connectivity index (χ0) is 15.5. The molecule has 2 rings (SSSR count). The van der Waals surface area contributed by atoms with Gasteiger partial charge in [0.15, 0.2) is 0 Å². The summed E-state index contributed by atoms with van der Waals surface area (Å²) in [6.45, 7) is 2.28. The summed E-state index contributed by atoms with van der Waals surface area (Å²) in [6, 6.07) is 6.40. The van der Waals surface area contributed by atoms with Gasteiger partial charge in [-0.15, -0.1) is 0 Å². The Balaban J connectivity index is 2.05. The Kier molecular flexibility index (Phi) is 4.26. The number of nitrogens with one attached hydrogen (secondary N) is 1. The first-order chi connectivity index (χ1) is 9.92. The third kappa shape index (κ3) is 3.59. The van der Waals surface area contributed by atoms with E-state index < -0.39 is 10.0 Å². The molecule has 21 heavy (non-hydrogen) atoms. The zero-order valence-electron chi connectivity index (χ0n) is 11.4. The van der Waals surface area contributed by atoms with Crippen molar-refractivity contribution in [2.45, 2.75) is 18.4 Å². The van der Waals surface area contributed by atoms with Crippen LogP contribution in [0.5, 0.6) is 0 Å². The van der Waals surface area contributed by atoms with E-state index in [1.165, 1.54) is 24.4 Å². The molecule has 0 amide bonds. The molecule has 0 saturated carbocycles. The molecule has 8 heteroatoms. The number of benzene rings is 1. The van der Waals surface area contributed by atoms with E-state index in [9.17, 15) is 8.42 Å². The first-order valence-corrected chi connectivity index (χ1v) is 7.69. The summed E-state index contributed by atoms with van der Waals surface area (Å²) in [5.74, 6) is 0. The number of nitrogen functional groups attached to an aromatic ring is 1. The normalized spacial score (nSPS) is 11.2. The Morgan fingerprint density at radius 2 is 2.24 bits per heavy atom.